The van der Waals surface area contributed by atoms with Crippen molar-refractivity contribution in [2.75, 3.05) is 26.2 Å². The molecule has 0 saturated carbocycles. The third-order valence-electron chi connectivity index (χ3n) is 4.35. The maximum Gasteiger partial charge on any atom is 0.240 e. The molecule has 23 heavy (non-hydrogen) atoms. The normalized spacial score (nSPS) is 20.1. The maximum absolute atomic E-state index is 12.4. The van der Waals surface area contributed by atoms with E-state index >= 15 is 0 Å². The molecule has 126 valence electrons. The van der Waals surface area contributed by atoms with Crippen LogP contribution in [0.3, 0.4) is 0 Å². The summed E-state index contributed by atoms with van der Waals surface area (Å²) in [5.41, 5.74) is 1.44. The molecule has 1 atom stereocenters. The van der Waals surface area contributed by atoms with Crippen LogP contribution in [0.15, 0.2) is 29.4 Å². The Morgan fingerprint density at radius 2 is 2.26 bits per heavy atom. The molecule has 1 aliphatic heterocycles. The highest BCUT2D eigenvalue weighted by molar-refractivity contribution is 7.89. The summed E-state index contributed by atoms with van der Waals surface area (Å²) in [6.45, 7) is 1.98. The third kappa shape index (κ3) is 3.72. The number of nitrogens with one attached hydrogen (secondary N) is 2. The van der Waals surface area contributed by atoms with Crippen molar-refractivity contribution < 1.29 is 13.5 Å². The Labute approximate surface area is 135 Å². The third-order valence-corrected chi connectivity index (χ3v) is 5.81. The van der Waals surface area contributed by atoms with E-state index in [1.807, 2.05) is 0 Å². The van der Waals surface area contributed by atoms with Crippen LogP contribution in [0.2, 0.25) is 0 Å². The van der Waals surface area contributed by atoms with E-state index in [4.69, 9.17) is 0 Å². The fourth-order valence-corrected chi connectivity index (χ4v) is 4.10. The number of fused-ring (bicyclic) bond motifs is 1. The summed E-state index contributed by atoms with van der Waals surface area (Å²) in [4.78, 5) is 9.38. The minimum absolute atomic E-state index is 0.128. The molecule has 1 aromatic carbocycles. The van der Waals surface area contributed by atoms with Gasteiger partial charge in [0.1, 0.15) is 0 Å². The first-order valence-electron chi connectivity index (χ1n) is 7.88. The lowest BCUT2D eigenvalue weighted by Gasteiger charge is -2.34. The van der Waals surface area contributed by atoms with Crippen molar-refractivity contribution in [2.24, 2.45) is 0 Å². The number of benzene rings is 1. The predicted molar refractivity (Wildman–Crippen MR) is 87.6 cm³/mol. The van der Waals surface area contributed by atoms with Crippen LogP contribution in [-0.2, 0) is 10.0 Å². The number of imidazole rings is 1. The summed E-state index contributed by atoms with van der Waals surface area (Å²) in [6.07, 6.45) is 4.73. The van der Waals surface area contributed by atoms with Crippen molar-refractivity contribution in [3.05, 3.63) is 24.5 Å². The lowest BCUT2D eigenvalue weighted by atomic mass is 10.0. The smallest absolute Gasteiger partial charge is 0.240 e. The first-order chi connectivity index (χ1) is 11.1. The molecule has 7 nitrogen and oxygen atoms in total. The van der Waals surface area contributed by atoms with Gasteiger partial charge in [-0.1, -0.05) is 6.42 Å². The van der Waals surface area contributed by atoms with Crippen molar-refractivity contribution in [1.82, 2.24) is 19.6 Å². The topological polar surface area (TPSA) is 98.3 Å². The van der Waals surface area contributed by atoms with Crippen LogP contribution in [0.5, 0.6) is 0 Å². The molecule has 0 radical (unpaired) electrons. The summed E-state index contributed by atoms with van der Waals surface area (Å²) in [5.74, 6) is 0. The number of aliphatic hydroxyl groups is 1. The number of hydrogen-bond acceptors (Lipinski definition) is 5. The quantitative estimate of drug-likeness (QED) is 0.720. The van der Waals surface area contributed by atoms with Crippen LogP contribution < -0.4 is 4.72 Å². The highest BCUT2D eigenvalue weighted by atomic mass is 32.2. The van der Waals surface area contributed by atoms with E-state index in [9.17, 15) is 13.5 Å². The summed E-state index contributed by atoms with van der Waals surface area (Å²) in [7, 11) is -3.54. The number of sulfonamides is 1. The zero-order valence-electron chi connectivity index (χ0n) is 12.9. The van der Waals surface area contributed by atoms with Gasteiger partial charge in [-0.05, 0) is 37.6 Å². The zero-order chi connectivity index (χ0) is 16.3. The van der Waals surface area contributed by atoms with Crippen LogP contribution >= 0.6 is 0 Å². The van der Waals surface area contributed by atoms with Crippen molar-refractivity contribution in [2.45, 2.75) is 30.2 Å². The minimum Gasteiger partial charge on any atom is -0.395 e. The van der Waals surface area contributed by atoms with E-state index in [0.717, 1.165) is 31.3 Å². The number of hydrogen-bond donors (Lipinski definition) is 3. The van der Waals surface area contributed by atoms with Crippen LogP contribution in [0, 0.1) is 0 Å². The molecular formula is C15H22N4O3S. The van der Waals surface area contributed by atoms with Crippen LogP contribution in [0.4, 0.5) is 0 Å². The zero-order valence-corrected chi connectivity index (χ0v) is 13.7. The Morgan fingerprint density at radius 3 is 3.09 bits per heavy atom. The molecular weight excluding hydrogens is 316 g/mol. The first kappa shape index (κ1) is 16.4. The molecule has 1 aliphatic rings. The Bertz CT molecular complexity index is 759. The second-order valence-corrected chi connectivity index (χ2v) is 7.61. The van der Waals surface area contributed by atoms with Crippen LogP contribution in [0.1, 0.15) is 19.3 Å². The molecule has 0 bridgehead atoms. The molecule has 1 aromatic heterocycles. The Hall–Kier alpha value is -1.48. The number of rotatable bonds is 6. The number of nitrogens with zero attached hydrogens (tertiary/aromatic N) is 2. The molecule has 8 heteroatoms. The maximum atomic E-state index is 12.4. The Morgan fingerprint density at radius 1 is 1.39 bits per heavy atom. The fourth-order valence-electron chi connectivity index (χ4n) is 3.05. The van der Waals surface area contributed by atoms with Crippen molar-refractivity contribution in [1.29, 1.82) is 0 Å². The molecule has 2 aromatic rings. The molecule has 0 spiro atoms. The molecule has 0 aliphatic carbocycles. The van der Waals surface area contributed by atoms with Gasteiger partial charge in [-0.3, -0.25) is 4.90 Å². The average Bonchev–Trinajstić information content (AvgIpc) is 3.02. The van der Waals surface area contributed by atoms with Crippen molar-refractivity contribution >= 4 is 21.1 Å². The number of aliphatic hydroxyl groups excluding tert-OH is 1. The molecule has 1 fully saturated rings. The van der Waals surface area contributed by atoms with Crippen molar-refractivity contribution in [3.63, 3.8) is 0 Å². The van der Waals surface area contributed by atoms with E-state index in [0.29, 0.717) is 18.6 Å². The summed E-state index contributed by atoms with van der Waals surface area (Å²) < 4.78 is 27.4. The van der Waals surface area contributed by atoms with E-state index in [2.05, 4.69) is 19.6 Å². The van der Waals surface area contributed by atoms with Gasteiger partial charge in [-0.2, -0.15) is 0 Å². The number of piperidine rings is 1. The van der Waals surface area contributed by atoms with Gasteiger partial charge in [-0.15, -0.1) is 0 Å². The Kier molecular flexibility index (Phi) is 4.96. The van der Waals surface area contributed by atoms with E-state index in [-0.39, 0.29) is 17.5 Å². The second-order valence-electron chi connectivity index (χ2n) is 5.85. The molecule has 2 heterocycles. The van der Waals surface area contributed by atoms with Crippen LogP contribution in [0.25, 0.3) is 11.0 Å². The standard InChI is InChI=1S/C15H22N4O3S/c20-10-12-3-1-2-7-19(12)8-6-18-23(21,22)13-4-5-14-15(9-13)17-11-16-14/h4-5,9,11-12,18,20H,1-3,6-8,10H2,(H,16,17)/t12-/m0/s1. The van der Waals surface area contributed by atoms with Gasteiger partial charge in [0.25, 0.3) is 0 Å². The SMILES string of the molecule is O=S(=O)(NCCN1CCCC[C@H]1CO)c1ccc2nc[nH]c2c1. The Balaban J connectivity index is 1.62. The fraction of sp³-hybridized carbons (Fsp3) is 0.533. The van der Waals surface area contributed by atoms with Gasteiger partial charge in [0, 0.05) is 19.1 Å². The largest absolute Gasteiger partial charge is 0.395 e. The molecule has 3 rings (SSSR count). The van der Waals surface area contributed by atoms with Crippen molar-refractivity contribution in [3.8, 4) is 0 Å². The van der Waals surface area contributed by atoms with Gasteiger partial charge in [0.05, 0.1) is 28.9 Å². The number of likely N-dealkylation sites (tertiary alicyclic amines) is 1. The summed E-state index contributed by atoms with van der Waals surface area (Å²) >= 11 is 0. The van der Waals surface area contributed by atoms with Gasteiger partial charge >= 0.3 is 0 Å². The van der Waals surface area contributed by atoms with Gasteiger partial charge in [0.2, 0.25) is 10.0 Å². The lowest BCUT2D eigenvalue weighted by molar-refractivity contribution is 0.0923. The molecule has 0 amide bonds. The first-order valence-corrected chi connectivity index (χ1v) is 9.36. The monoisotopic (exact) mass is 338 g/mol. The predicted octanol–water partition coefficient (Wildman–Crippen LogP) is 0.688. The molecule has 1 saturated heterocycles. The van der Waals surface area contributed by atoms with E-state index in [1.165, 1.54) is 0 Å². The number of H-pyrrole nitrogens is 1. The minimum atomic E-state index is -3.54. The van der Waals surface area contributed by atoms with E-state index in [1.54, 1.807) is 24.5 Å². The number of aromatic amines is 1. The van der Waals surface area contributed by atoms with Gasteiger partial charge in [-0.25, -0.2) is 18.1 Å². The van der Waals surface area contributed by atoms with E-state index < -0.39 is 10.0 Å². The average molecular weight is 338 g/mol. The molecule has 0 unspecified atom stereocenters. The second kappa shape index (κ2) is 6.96. The lowest BCUT2D eigenvalue weighted by Crippen LogP contribution is -2.45. The highest BCUT2D eigenvalue weighted by Gasteiger charge is 2.22. The summed E-state index contributed by atoms with van der Waals surface area (Å²) in [5, 5.41) is 9.39. The molecule has 3 N–H and O–H groups in total. The van der Waals surface area contributed by atoms with Gasteiger partial charge < -0.3 is 10.1 Å². The van der Waals surface area contributed by atoms with Gasteiger partial charge in [0.15, 0.2) is 0 Å². The number of aromatic nitrogens is 2. The highest BCUT2D eigenvalue weighted by Crippen LogP contribution is 2.17. The summed E-state index contributed by atoms with van der Waals surface area (Å²) in [6, 6.07) is 4.98. The van der Waals surface area contributed by atoms with Crippen LogP contribution in [-0.4, -0.2) is 60.7 Å².